The molecule has 1 unspecified atom stereocenters. The Morgan fingerprint density at radius 3 is 2.35 bits per heavy atom. The number of para-hydroxylation sites is 1. The zero-order valence-corrected chi connectivity index (χ0v) is 14.8. The Balaban J connectivity index is 1.60. The summed E-state index contributed by atoms with van der Waals surface area (Å²) in [5, 5.41) is 8.04. The number of nitrogens with one attached hydrogen (secondary N) is 3. The van der Waals surface area contributed by atoms with Crippen LogP contribution in [0.15, 0.2) is 54.6 Å². The topological polar surface area (TPSA) is 104 Å². The molecule has 3 amide bonds. The Labute approximate surface area is 151 Å². The molecule has 1 saturated heterocycles. The van der Waals surface area contributed by atoms with E-state index in [0.717, 1.165) is 0 Å². The number of rotatable bonds is 4. The van der Waals surface area contributed by atoms with Gasteiger partial charge in [0.25, 0.3) is 5.91 Å². The number of sulfone groups is 1. The van der Waals surface area contributed by atoms with Gasteiger partial charge in [-0.15, -0.1) is 0 Å². The number of anilines is 2. The Hall–Kier alpha value is -2.87. The fourth-order valence-electron chi connectivity index (χ4n) is 2.72. The first-order valence-electron chi connectivity index (χ1n) is 8.16. The fourth-order valence-corrected chi connectivity index (χ4v) is 4.40. The molecule has 1 atom stereocenters. The zero-order chi connectivity index (χ0) is 18.6. The van der Waals surface area contributed by atoms with E-state index in [2.05, 4.69) is 16.0 Å². The molecular formula is C18H19N3O4S. The quantitative estimate of drug-likeness (QED) is 0.764. The van der Waals surface area contributed by atoms with Gasteiger partial charge >= 0.3 is 6.03 Å². The van der Waals surface area contributed by atoms with Crippen molar-refractivity contribution in [3.63, 3.8) is 0 Å². The van der Waals surface area contributed by atoms with E-state index in [1.54, 1.807) is 36.4 Å². The van der Waals surface area contributed by atoms with E-state index in [4.69, 9.17) is 0 Å². The van der Waals surface area contributed by atoms with Crippen molar-refractivity contribution in [3.8, 4) is 0 Å². The first kappa shape index (κ1) is 17.9. The Morgan fingerprint density at radius 1 is 0.923 bits per heavy atom. The summed E-state index contributed by atoms with van der Waals surface area (Å²) in [7, 11) is -3.06. The second-order valence-corrected chi connectivity index (χ2v) is 8.33. The van der Waals surface area contributed by atoms with Crippen LogP contribution >= 0.6 is 0 Å². The molecule has 7 nitrogen and oxygen atoms in total. The highest BCUT2D eigenvalue weighted by molar-refractivity contribution is 7.91. The van der Waals surface area contributed by atoms with Crippen LogP contribution in [0.25, 0.3) is 0 Å². The monoisotopic (exact) mass is 373 g/mol. The largest absolute Gasteiger partial charge is 0.334 e. The van der Waals surface area contributed by atoms with Crippen molar-refractivity contribution >= 4 is 33.2 Å². The minimum atomic E-state index is -3.06. The summed E-state index contributed by atoms with van der Waals surface area (Å²) in [5.74, 6) is -0.241. The van der Waals surface area contributed by atoms with Crippen LogP contribution in [0.5, 0.6) is 0 Å². The summed E-state index contributed by atoms with van der Waals surface area (Å²) >= 11 is 0. The van der Waals surface area contributed by atoms with Crippen LogP contribution in [0.2, 0.25) is 0 Å². The second-order valence-electron chi connectivity index (χ2n) is 6.10. The molecule has 0 saturated carbocycles. The van der Waals surface area contributed by atoms with Crippen molar-refractivity contribution in [1.82, 2.24) is 5.32 Å². The van der Waals surface area contributed by atoms with E-state index >= 15 is 0 Å². The van der Waals surface area contributed by atoms with Crippen LogP contribution < -0.4 is 16.0 Å². The van der Waals surface area contributed by atoms with Gasteiger partial charge < -0.3 is 16.0 Å². The summed E-state index contributed by atoms with van der Waals surface area (Å²) in [5.41, 5.74) is 1.52. The van der Waals surface area contributed by atoms with Crippen LogP contribution in [-0.2, 0) is 9.84 Å². The van der Waals surface area contributed by atoms with Gasteiger partial charge in [-0.3, -0.25) is 4.79 Å². The van der Waals surface area contributed by atoms with E-state index in [0.29, 0.717) is 23.4 Å². The molecule has 26 heavy (non-hydrogen) atoms. The van der Waals surface area contributed by atoms with Gasteiger partial charge in [0, 0.05) is 23.0 Å². The predicted octanol–water partition coefficient (Wildman–Crippen LogP) is 2.25. The van der Waals surface area contributed by atoms with Gasteiger partial charge in [-0.25, -0.2) is 13.2 Å². The van der Waals surface area contributed by atoms with Crippen LogP contribution in [0.3, 0.4) is 0 Å². The van der Waals surface area contributed by atoms with Crippen molar-refractivity contribution in [3.05, 3.63) is 60.2 Å². The number of carbonyl (C=O) groups is 2. The molecule has 136 valence electrons. The molecule has 1 fully saturated rings. The molecule has 2 aromatic rings. The predicted molar refractivity (Wildman–Crippen MR) is 100 cm³/mol. The molecule has 0 aromatic heterocycles. The lowest BCUT2D eigenvalue weighted by Crippen LogP contribution is -2.38. The van der Waals surface area contributed by atoms with Gasteiger partial charge in [0.05, 0.1) is 11.5 Å². The third kappa shape index (κ3) is 4.82. The minimum absolute atomic E-state index is 0.0417. The van der Waals surface area contributed by atoms with E-state index in [1.165, 1.54) is 0 Å². The Bertz CT molecular complexity index is 913. The average Bonchev–Trinajstić information content (AvgIpc) is 2.94. The first-order valence-corrected chi connectivity index (χ1v) is 9.98. The SMILES string of the molecule is O=C(Nc1cccc(C(=O)Nc2ccccc2)c1)NC1CCS(=O)(=O)C1. The molecule has 1 aliphatic heterocycles. The first-order chi connectivity index (χ1) is 12.4. The van der Waals surface area contributed by atoms with Gasteiger partial charge in [-0.05, 0) is 36.8 Å². The normalized spacial score (nSPS) is 18.1. The third-order valence-electron chi connectivity index (χ3n) is 3.98. The smallest absolute Gasteiger partial charge is 0.319 e. The number of urea groups is 1. The average molecular weight is 373 g/mol. The minimum Gasteiger partial charge on any atom is -0.334 e. The maximum atomic E-state index is 12.3. The summed E-state index contributed by atoms with van der Waals surface area (Å²) in [6.07, 6.45) is 0.412. The molecule has 3 N–H and O–H groups in total. The van der Waals surface area contributed by atoms with Crippen molar-refractivity contribution in [1.29, 1.82) is 0 Å². The van der Waals surface area contributed by atoms with Gasteiger partial charge in [0.1, 0.15) is 0 Å². The summed E-state index contributed by atoms with van der Waals surface area (Å²) in [4.78, 5) is 24.3. The molecule has 1 aliphatic rings. The van der Waals surface area contributed by atoms with E-state index in [1.807, 2.05) is 18.2 Å². The third-order valence-corrected chi connectivity index (χ3v) is 5.75. The number of benzene rings is 2. The van der Waals surface area contributed by atoms with Gasteiger partial charge in [0.15, 0.2) is 9.84 Å². The summed E-state index contributed by atoms with van der Waals surface area (Å²) in [6, 6.07) is 14.7. The number of carbonyl (C=O) groups excluding carboxylic acids is 2. The van der Waals surface area contributed by atoms with E-state index < -0.39 is 15.9 Å². The van der Waals surface area contributed by atoms with Crippen molar-refractivity contribution in [2.24, 2.45) is 0 Å². The number of hydrogen-bond donors (Lipinski definition) is 3. The standard InChI is InChI=1S/C18H19N3O4S/c22-17(19-14-6-2-1-3-7-14)13-5-4-8-15(11-13)20-18(23)21-16-9-10-26(24,25)12-16/h1-8,11,16H,9-10,12H2,(H,19,22)(H2,20,21,23). The van der Waals surface area contributed by atoms with Crippen LogP contribution in [0, 0.1) is 0 Å². The molecule has 0 radical (unpaired) electrons. The molecule has 8 heteroatoms. The maximum Gasteiger partial charge on any atom is 0.319 e. The summed E-state index contributed by atoms with van der Waals surface area (Å²) in [6.45, 7) is 0. The second kappa shape index (κ2) is 7.57. The zero-order valence-electron chi connectivity index (χ0n) is 13.9. The van der Waals surface area contributed by atoms with Crippen LogP contribution in [0.1, 0.15) is 16.8 Å². The Morgan fingerprint density at radius 2 is 1.65 bits per heavy atom. The molecule has 1 heterocycles. The van der Waals surface area contributed by atoms with Gasteiger partial charge in [-0.2, -0.15) is 0 Å². The molecule has 0 bridgehead atoms. The van der Waals surface area contributed by atoms with Crippen LogP contribution in [0.4, 0.5) is 16.2 Å². The Kier molecular flexibility index (Phi) is 5.22. The molecule has 0 spiro atoms. The highest BCUT2D eigenvalue weighted by atomic mass is 32.2. The lowest BCUT2D eigenvalue weighted by molar-refractivity contribution is 0.102. The molecular weight excluding hydrogens is 354 g/mol. The lowest BCUT2D eigenvalue weighted by atomic mass is 10.2. The fraction of sp³-hybridized carbons (Fsp3) is 0.222. The van der Waals surface area contributed by atoms with Crippen molar-refractivity contribution in [2.75, 3.05) is 22.1 Å². The van der Waals surface area contributed by atoms with Crippen molar-refractivity contribution < 1.29 is 18.0 Å². The van der Waals surface area contributed by atoms with E-state index in [-0.39, 0.29) is 23.5 Å². The molecule has 3 rings (SSSR count). The maximum absolute atomic E-state index is 12.3. The number of hydrogen-bond acceptors (Lipinski definition) is 4. The van der Waals surface area contributed by atoms with Gasteiger partial charge in [-0.1, -0.05) is 24.3 Å². The van der Waals surface area contributed by atoms with E-state index in [9.17, 15) is 18.0 Å². The number of amides is 3. The van der Waals surface area contributed by atoms with Crippen molar-refractivity contribution in [2.45, 2.75) is 12.5 Å². The lowest BCUT2D eigenvalue weighted by Gasteiger charge is -2.12. The summed E-state index contributed by atoms with van der Waals surface area (Å²) < 4.78 is 22.9. The molecule has 0 aliphatic carbocycles. The highest BCUT2D eigenvalue weighted by Crippen LogP contribution is 2.15. The molecule has 2 aromatic carbocycles. The van der Waals surface area contributed by atoms with Gasteiger partial charge in [0.2, 0.25) is 0 Å². The van der Waals surface area contributed by atoms with Crippen LogP contribution in [-0.4, -0.2) is 37.9 Å². The highest BCUT2D eigenvalue weighted by Gasteiger charge is 2.28.